The first-order valence-electron chi connectivity index (χ1n) is 3.96. The lowest BCUT2D eigenvalue weighted by Crippen LogP contribution is -2.47. The smallest absolute Gasteiger partial charge is 0.326 e. The number of carbonyl (C=O) groups is 3. The number of rotatable bonds is 5. The van der Waals surface area contributed by atoms with Crippen LogP contribution in [0.5, 0.6) is 0 Å². The van der Waals surface area contributed by atoms with E-state index in [1.54, 1.807) is 0 Å². The number of carboxylic acids is 1. The normalized spacial score (nSPS) is 10.9. The quantitative estimate of drug-likeness (QED) is 0.404. The van der Waals surface area contributed by atoms with Gasteiger partial charge in [-0.3, -0.25) is 4.79 Å². The zero-order chi connectivity index (χ0) is 11.8. The molecule has 0 fully saturated rings. The van der Waals surface area contributed by atoms with E-state index in [4.69, 9.17) is 17.3 Å². The van der Waals surface area contributed by atoms with Crippen LogP contribution in [0.2, 0.25) is 0 Å². The number of nitrogens with one attached hydrogen (secondary N) is 2. The lowest BCUT2D eigenvalue weighted by molar-refractivity contribution is -0.140. The number of carbonyl (C=O) groups excluding carboxylic acids is 2. The highest BCUT2D eigenvalue weighted by atomic mass is 16.4. The number of primary amides is 1. The van der Waals surface area contributed by atoms with Crippen LogP contribution in [0.15, 0.2) is 0 Å². The van der Waals surface area contributed by atoms with Gasteiger partial charge in [-0.05, 0) is 0 Å². The Labute approximate surface area is 86.0 Å². The molecule has 0 spiro atoms. The van der Waals surface area contributed by atoms with E-state index in [1.165, 1.54) is 0 Å². The number of urea groups is 1. The van der Waals surface area contributed by atoms with Crippen LogP contribution in [-0.2, 0) is 9.59 Å². The SMILES string of the molecule is C#CCNC(=O)NC(CC(N)=O)C(=O)O. The third-order valence-corrected chi connectivity index (χ3v) is 1.36. The fraction of sp³-hybridized carbons (Fsp3) is 0.375. The molecule has 0 rings (SSSR count). The van der Waals surface area contributed by atoms with E-state index in [-0.39, 0.29) is 6.54 Å². The Hall–Kier alpha value is -2.23. The molecule has 0 bridgehead atoms. The van der Waals surface area contributed by atoms with Gasteiger partial charge in [0, 0.05) is 0 Å². The molecule has 0 aromatic heterocycles. The molecule has 5 N–H and O–H groups in total. The molecule has 0 aliphatic carbocycles. The van der Waals surface area contributed by atoms with Gasteiger partial charge in [0.1, 0.15) is 6.04 Å². The summed E-state index contributed by atoms with van der Waals surface area (Å²) >= 11 is 0. The van der Waals surface area contributed by atoms with E-state index in [1.807, 2.05) is 5.32 Å². The molecule has 0 aliphatic heterocycles. The van der Waals surface area contributed by atoms with Crippen molar-refractivity contribution in [2.45, 2.75) is 12.5 Å². The summed E-state index contributed by atoms with van der Waals surface area (Å²) in [5, 5.41) is 12.8. The molecule has 7 nitrogen and oxygen atoms in total. The van der Waals surface area contributed by atoms with Crippen LogP contribution in [-0.4, -0.2) is 35.6 Å². The molecule has 0 aromatic rings. The first kappa shape index (κ1) is 12.8. The largest absolute Gasteiger partial charge is 0.480 e. The summed E-state index contributed by atoms with van der Waals surface area (Å²) in [6.45, 7) is -0.0330. The van der Waals surface area contributed by atoms with Gasteiger partial charge in [0.25, 0.3) is 0 Å². The zero-order valence-electron chi connectivity index (χ0n) is 7.82. The average molecular weight is 213 g/mol. The van der Waals surface area contributed by atoms with Crippen LogP contribution in [0, 0.1) is 12.3 Å². The number of amides is 3. The molecular weight excluding hydrogens is 202 g/mol. The summed E-state index contributed by atoms with van der Waals surface area (Å²) in [7, 11) is 0. The molecule has 7 heteroatoms. The molecule has 0 aliphatic rings. The van der Waals surface area contributed by atoms with Crippen molar-refractivity contribution in [1.82, 2.24) is 10.6 Å². The van der Waals surface area contributed by atoms with Crippen molar-refractivity contribution in [3.8, 4) is 12.3 Å². The van der Waals surface area contributed by atoms with Crippen LogP contribution >= 0.6 is 0 Å². The van der Waals surface area contributed by atoms with E-state index in [9.17, 15) is 14.4 Å². The van der Waals surface area contributed by atoms with Gasteiger partial charge in [-0.25, -0.2) is 9.59 Å². The van der Waals surface area contributed by atoms with Gasteiger partial charge in [0.15, 0.2) is 0 Å². The van der Waals surface area contributed by atoms with Gasteiger partial charge >= 0.3 is 12.0 Å². The number of aliphatic carboxylic acids is 1. The van der Waals surface area contributed by atoms with Crippen LogP contribution in [0.3, 0.4) is 0 Å². The summed E-state index contributed by atoms with van der Waals surface area (Å²) in [6.07, 6.45) is 4.39. The van der Waals surface area contributed by atoms with Crippen molar-refractivity contribution in [2.24, 2.45) is 5.73 Å². The van der Waals surface area contributed by atoms with Crippen molar-refractivity contribution in [3.05, 3.63) is 0 Å². The maximum Gasteiger partial charge on any atom is 0.326 e. The topological polar surface area (TPSA) is 122 Å². The Morgan fingerprint density at radius 3 is 2.47 bits per heavy atom. The Balaban J connectivity index is 4.17. The molecule has 3 amide bonds. The fourth-order valence-corrected chi connectivity index (χ4v) is 0.742. The molecule has 15 heavy (non-hydrogen) atoms. The predicted molar refractivity (Wildman–Crippen MR) is 50.6 cm³/mol. The first-order valence-corrected chi connectivity index (χ1v) is 3.96. The maximum absolute atomic E-state index is 11.0. The third-order valence-electron chi connectivity index (χ3n) is 1.36. The van der Waals surface area contributed by atoms with E-state index in [2.05, 4.69) is 11.2 Å². The molecule has 1 unspecified atom stereocenters. The molecule has 0 heterocycles. The first-order chi connectivity index (χ1) is 6.97. The maximum atomic E-state index is 11.0. The summed E-state index contributed by atoms with van der Waals surface area (Å²) < 4.78 is 0. The Morgan fingerprint density at radius 2 is 2.07 bits per heavy atom. The number of carboxylic acid groups (broad SMARTS) is 1. The zero-order valence-corrected chi connectivity index (χ0v) is 7.82. The third kappa shape index (κ3) is 5.93. The molecule has 0 radical (unpaired) electrons. The summed E-state index contributed by atoms with van der Waals surface area (Å²) in [4.78, 5) is 32.0. The summed E-state index contributed by atoms with van der Waals surface area (Å²) in [6, 6.07) is -2.11. The standard InChI is InChI=1S/C8H11N3O4/c1-2-3-10-8(15)11-5(7(13)14)4-6(9)12/h1,5H,3-4H2,(H2,9,12)(H,13,14)(H2,10,11,15). The molecule has 82 valence electrons. The second-order valence-corrected chi connectivity index (χ2v) is 2.59. The fourth-order valence-electron chi connectivity index (χ4n) is 0.742. The van der Waals surface area contributed by atoms with Gasteiger partial charge in [-0.15, -0.1) is 6.42 Å². The number of hydrogen-bond donors (Lipinski definition) is 4. The summed E-state index contributed by atoms with van der Waals surface area (Å²) in [5.74, 6) is -0.0318. The van der Waals surface area contributed by atoms with Crippen LogP contribution in [0.1, 0.15) is 6.42 Å². The van der Waals surface area contributed by atoms with Crippen molar-refractivity contribution in [2.75, 3.05) is 6.54 Å². The second kappa shape index (κ2) is 6.26. The van der Waals surface area contributed by atoms with Crippen molar-refractivity contribution < 1.29 is 19.5 Å². The lowest BCUT2D eigenvalue weighted by Gasteiger charge is -2.12. The van der Waals surface area contributed by atoms with Crippen LogP contribution in [0.4, 0.5) is 4.79 Å². The molecule has 1 atom stereocenters. The van der Waals surface area contributed by atoms with Crippen LogP contribution < -0.4 is 16.4 Å². The minimum Gasteiger partial charge on any atom is -0.480 e. The highest BCUT2D eigenvalue weighted by Gasteiger charge is 2.21. The van der Waals surface area contributed by atoms with Crippen molar-refractivity contribution >= 4 is 17.9 Å². The Bertz CT molecular complexity index is 307. The van der Waals surface area contributed by atoms with E-state index >= 15 is 0 Å². The highest BCUT2D eigenvalue weighted by Crippen LogP contribution is 1.91. The van der Waals surface area contributed by atoms with Gasteiger partial charge < -0.3 is 21.5 Å². The minimum absolute atomic E-state index is 0.0330. The molecule has 0 aromatic carbocycles. The van der Waals surface area contributed by atoms with E-state index in [0.717, 1.165) is 0 Å². The van der Waals surface area contributed by atoms with Gasteiger partial charge in [0.05, 0.1) is 13.0 Å². The number of hydrogen-bond acceptors (Lipinski definition) is 3. The molecular formula is C8H11N3O4. The number of terminal acetylenes is 1. The van der Waals surface area contributed by atoms with E-state index in [0.29, 0.717) is 0 Å². The monoisotopic (exact) mass is 213 g/mol. The van der Waals surface area contributed by atoms with Gasteiger partial charge in [-0.1, -0.05) is 5.92 Å². The second-order valence-electron chi connectivity index (χ2n) is 2.59. The van der Waals surface area contributed by atoms with Crippen molar-refractivity contribution in [1.29, 1.82) is 0 Å². The molecule has 0 saturated heterocycles. The van der Waals surface area contributed by atoms with Crippen LogP contribution in [0.25, 0.3) is 0 Å². The van der Waals surface area contributed by atoms with Crippen molar-refractivity contribution in [3.63, 3.8) is 0 Å². The average Bonchev–Trinajstić information content (AvgIpc) is 2.12. The lowest BCUT2D eigenvalue weighted by atomic mass is 10.2. The number of nitrogens with two attached hydrogens (primary N) is 1. The Morgan fingerprint density at radius 1 is 1.47 bits per heavy atom. The van der Waals surface area contributed by atoms with E-state index < -0.39 is 30.4 Å². The van der Waals surface area contributed by atoms with Gasteiger partial charge in [0.2, 0.25) is 5.91 Å². The minimum atomic E-state index is -1.35. The summed E-state index contributed by atoms with van der Waals surface area (Å²) in [5.41, 5.74) is 4.80. The highest BCUT2D eigenvalue weighted by molar-refractivity contribution is 5.87. The Kier molecular flexibility index (Phi) is 5.33. The van der Waals surface area contributed by atoms with Gasteiger partial charge in [-0.2, -0.15) is 0 Å². The molecule has 0 saturated carbocycles. The predicted octanol–water partition coefficient (Wildman–Crippen LogP) is -1.75.